The number of thiophene rings is 1. The van der Waals surface area contributed by atoms with Gasteiger partial charge in [-0.3, -0.25) is 14.6 Å². The zero-order valence-electron chi connectivity index (χ0n) is 26.5. The van der Waals surface area contributed by atoms with Crippen LogP contribution in [0.4, 0.5) is 21.6 Å². The number of halogens is 1. The monoisotopic (exact) mass is 659 g/mol. The normalized spacial score (nSPS) is 16.5. The van der Waals surface area contributed by atoms with E-state index in [0.717, 1.165) is 71.2 Å². The number of benzene rings is 2. The minimum atomic E-state index is -0.400. The Bertz CT molecular complexity index is 2020. The molecule has 8 nitrogen and oxygen atoms in total. The summed E-state index contributed by atoms with van der Waals surface area (Å²) in [4.78, 5) is 42.4. The maximum atomic E-state index is 14.7. The molecule has 0 bridgehead atoms. The summed E-state index contributed by atoms with van der Waals surface area (Å²) in [5, 5.41) is 3.00. The number of nitrogens with one attached hydrogen (secondary N) is 1. The van der Waals surface area contributed by atoms with Gasteiger partial charge in [0.1, 0.15) is 11.6 Å². The third kappa shape index (κ3) is 5.65. The van der Waals surface area contributed by atoms with Crippen molar-refractivity contribution in [3.8, 4) is 20.9 Å². The molecule has 0 radical (unpaired) electrons. The number of nitrogens with zero attached hydrogens (tertiary/aromatic N) is 4. The number of aryl methyl sites for hydroxylation is 1. The van der Waals surface area contributed by atoms with E-state index in [1.54, 1.807) is 59.0 Å². The summed E-state index contributed by atoms with van der Waals surface area (Å²) in [5.41, 5.74) is 6.21. The van der Waals surface area contributed by atoms with Crippen LogP contribution in [0.1, 0.15) is 44.7 Å². The summed E-state index contributed by atoms with van der Waals surface area (Å²) in [6, 6.07) is 19.5. The van der Waals surface area contributed by atoms with Gasteiger partial charge in [-0.2, -0.15) is 0 Å². The third-order valence-corrected chi connectivity index (χ3v) is 10.9. The number of carbonyl (C=O) groups is 2. The molecule has 0 aliphatic carbocycles. The molecule has 1 N–H and O–H groups in total. The van der Waals surface area contributed by atoms with Crippen molar-refractivity contribution >= 4 is 40.3 Å². The summed E-state index contributed by atoms with van der Waals surface area (Å²) in [6.07, 6.45) is 8.07. The molecular formula is C38H34FN5O3S. The highest BCUT2D eigenvalue weighted by atomic mass is 32.1. The first-order chi connectivity index (χ1) is 23.4. The minimum absolute atomic E-state index is 0.229. The topological polar surface area (TPSA) is 87.7 Å². The van der Waals surface area contributed by atoms with Crippen LogP contribution in [-0.4, -0.2) is 54.6 Å². The number of pyridine rings is 2. The second-order valence-electron chi connectivity index (χ2n) is 13.0. The van der Waals surface area contributed by atoms with E-state index in [-0.39, 0.29) is 17.2 Å². The standard InChI is InChI=1S/C38H34FN5O3S/c1-24-17-31(35(41-20-24)43-22-38(23-43)11-15-47-16-12-38)36(45)42-29-7-4-25(5-8-29)37(46)44-14-10-26-18-33(27-3-2-13-40-21-27)48-34(26)30-9-6-28(39)19-32(30)44/h2-9,13,17-21H,10-12,14-16,22-23H2,1H3,(H,42,45). The van der Waals surface area contributed by atoms with Crippen molar-refractivity contribution in [2.24, 2.45) is 5.41 Å². The Kier molecular flexibility index (Phi) is 7.77. The molecule has 0 atom stereocenters. The lowest BCUT2D eigenvalue weighted by atomic mass is 9.73. The van der Waals surface area contributed by atoms with E-state index < -0.39 is 5.82 Å². The smallest absolute Gasteiger partial charge is 0.259 e. The average Bonchev–Trinajstić information content (AvgIpc) is 3.46. The quantitative estimate of drug-likeness (QED) is 0.212. The zero-order chi connectivity index (χ0) is 32.8. The number of hydrogen-bond donors (Lipinski definition) is 1. The predicted molar refractivity (Wildman–Crippen MR) is 186 cm³/mol. The second kappa shape index (κ2) is 12.3. The highest BCUT2D eigenvalue weighted by Gasteiger charge is 2.45. The van der Waals surface area contributed by atoms with Gasteiger partial charge in [-0.15, -0.1) is 11.3 Å². The molecule has 3 aliphatic rings. The first-order valence-corrected chi connectivity index (χ1v) is 17.0. The molecule has 48 heavy (non-hydrogen) atoms. The highest BCUT2D eigenvalue weighted by Crippen LogP contribution is 2.45. The molecule has 3 aromatic heterocycles. The van der Waals surface area contributed by atoms with Gasteiger partial charge >= 0.3 is 0 Å². The Morgan fingerprint density at radius 3 is 2.58 bits per heavy atom. The van der Waals surface area contributed by atoms with Crippen molar-refractivity contribution < 1.29 is 18.7 Å². The van der Waals surface area contributed by atoms with Gasteiger partial charge in [0.05, 0.1) is 11.3 Å². The summed E-state index contributed by atoms with van der Waals surface area (Å²) < 4.78 is 20.2. The lowest BCUT2D eigenvalue weighted by Crippen LogP contribution is -2.59. The van der Waals surface area contributed by atoms with E-state index in [2.05, 4.69) is 26.3 Å². The zero-order valence-corrected chi connectivity index (χ0v) is 27.4. The first-order valence-electron chi connectivity index (χ1n) is 16.2. The lowest BCUT2D eigenvalue weighted by molar-refractivity contribution is -0.000510. The van der Waals surface area contributed by atoms with Crippen LogP contribution < -0.4 is 15.1 Å². The van der Waals surface area contributed by atoms with Gasteiger partial charge in [0.25, 0.3) is 11.8 Å². The van der Waals surface area contributed by atoms with E-state index in [1.807, 2.05) is 31.3 Å². The molecule has 3 aliphatic heterocycles. The van der Waals surface area contributed by atoms with Gasteiger partial charge in [0.2, 0.25) is 0 Å². The fourth-order valence-corrected chi connectivity index (χ4v) is 8.28. The SMILES string of the molecule is Cc1cnc(N2CC3(CCOCC3)C2)c(C(=O)Nc2ccc(C(=O)N3CCc4cc(-c5cccnc5)sc4-c4ccc(F)cc43)cc2)c1. The summed E-state index contributed by atoms with van der Waals surface area (Å²) in [7, 11) is 0. The number of ether oxygens (including phenoxy) is 1. The Balaban J connectivity index is 1.01. The van der Waals surface area contributed by atoms with E-state index >= 15 is 0 Å². The van der Waals surface area contributed by atoms with Crippen LogP contribution in [0.5, 0.6) is 0 Å². The number of amides is 2. The number of rotatable bonds is 5. The molecule has 5 aromatic rings. The molecule has 6 heterocycles. The number of aromatic nitrogens is 2. The number of carbonyl (C=O) groups excluding carboxylic acids is 2. The predicted octanol–water partition coefficient (Wildman–Crippen LogP) is 7.39. The Morgan fingerprint density at radius 1 is 1.00 bits per heavy atom. The van der Waals surface area contributed by atoms with E-state index in [1.165, 1.54) is 12.1 Å². The molecule has 2 aromatic carbocycles. The fourth-order valence-electron chi connectivity index (χ4n) is 7.04. The van der Waals surface area contributed by atoms with Crippen molar-refractivity contribution in [2.75, 3.05) is 48.0 Å². The number of fused-ring (bicyclic) bond motifs is 3. The maximum absolute atomic E-state index is 14.7. The molecule has 1 spiro atoms. The molecule has 242 valence electrons. The molecule has 10 heteroatoms. The fraction of sp³-hybridized carbons (Fsp3) is 0.263. The van der Waals surface area contributed by atoms with Crippen LogP contribution in [0.3, 0.4) is 0 Å². The summed E-state index contributed by atoms with van der Waals surface area (Å²) >= 11 is 1.63. The van der Waals surface area contributed by atoms with Crippen LogP contribution in [-0.2, 0) is 11.2 Å². The van der Waals surface area contributed by atoms with Crippen molar-refractivity contribution in [3.05, 3.63) is 113 Å². The molecule has 2 saturated heterocycles. The molecular weight excluding hydrogens is 626 g/mol. The average molecular weight is 660 g/mol. The van der Waals surface area contributed by atoms with Gasteiger partial charge < -0.3 is 19.9 Å². The molecule has 2 amide bonds. The van der Waals surface area contributed by atoms with Crippen molar-refractivity contribution in [2.45, 2.75) is 26.2 Å². The van der Waals surface area contributed by atoms with Gasteiger partial charge in [-0.1, -0.05) is 6.07 Å². The maximum Gasteiger partial charge on any atom is 0.259 e. The van der Waals surface area contributed by atoms with Crippen molar-refractivity contribution in [3.63, 3.8) is 0 Å². The van der Waals surface area contributed by atoms with Crippen molar-refractivity contribution in [1.82, 2.24) is 9.97 Å². The molecule has 2 fully saturated rings. The Labute approximate surface area is 282 Å². The van der Waals surface area contributed by atoms with Crippen LogP contribution in [0.2, 0.25) is 0 Å². The van der Waals surface area contributed by atoms with E-state index in [4.69, 9.17) is 4.74 Å². The lowest BCUT2D eigenvalue weighted by Gasteiger charge is -2.53. The van der Waals surface area contributed by atoms with E-state index in [0.29, 0.717) is 41.3 Å². The summed E-state index contributed by atoms with van der Waals surface area (Å²) in [5.74, 6) is -0.187. The Morgan fingerprint density at radius 2 is 1.81 bits per heavy atom. The second-order valence-corrected chi connectivity index (χ2v) is 14.0. The highest BCUT2D eigenvalue weighted by molar-refractivity contribution is 7.19. The Hall–Kier alpha value is -4.93. The van der Waals surface area contributed by atoms with Gasteiger partial charge in [-0.05, 0) is 98.0 Å². The van der Waals surface area contributed by atoms with Gasteiger partial charge in [0.15, 0.2) is 0 Å². The van der Waals surface area contributed by atoms with Crippen LogP contribution in [0.25, 0.3) is 20.9 Å². The van der Waals surface area contributed by atoms with Crippen molar-refractivity contribution in [1.29, 1.82) is 0 Å². The summed E-state index contributed by atoms with van der Waals surface area (Å²) in [6.45, 7) is 5.63. The largest absolute Gasteiger partial charge is 0.381 e. The molecule has 0 unspecified atom stereocenters. The third-order valence-electron chi connectivity index (χ3n) is 9.64. The minimum Gasteiger partial charge on any atom is -0.381 e. The van der Waals surface area contributed by atoms with Crippen LogP contribution >= 0.6 is 11.3 Å². The molecule has 8 rings (SSSR count). The van der Waals surface area contributed by atoms with E-state index in [9.17, 15) is 14.0 Å². The van der Waals surface area contributed by atoms with Gasteiger partial charge in [0, 0.05) is 89.0 Å². The first kappa shape index (κ1) is 30.4. The van der Waals surface area contributed by atoms with Crippen LogP contribution in [0, 0.1) is 18.2 Å². The number of anilines is 3. The number of hydrogen-bond acceptors (Lipinski definition) is 7. The van der Waals surface area contributed by atoms with Gasteiger partial charge in [-0.25, -0.2) is 9.37 Å². The van der Waals surface area contributed by atoms with Crippen LogP contribution in [0.15, 0.2) is 85.3 Å². The molecule has 0 saturated carbocycles.